The van der Waals surface area contributed by atoms with E-state index in [9.17, 15) is 5.11 Å². The van der Waals surface area contributed by atoms with Crippen LogP contribution in [0.4, 0.5) is 5.69 Å². The molecule has 2 nitrogen and oxygen atoms in total. The molecule has 1 aromatic rings. The maximum Gasteiger partial charge on any atom is 0.0702 e. The summed E-state index contributed by atoms with van der Waals surface area (Å²) in [6.45, 7) is 6.56. The standard InChI is InChI=1S/C14H21NO/c1-3-15(9-12-5-6-12)14-7-4-11(2)8-13(14)10-16/h4,7-8,12,16H,3,5-6,9-10H2,1-2H3. The fourth-order valence-electron chi connectivity index (χ4n) is 2.16. The molecule has 0 saturated heterocycles. The molecule has 2 rings (SSSR count). The van der Waals surface area contributed by atoms with E-state index >= 15 is 0 Å². The maximum absolute atomic E-state index is 9.41. The molecule has 0 aliphatic heterocycles. The minimum atomic E-state index is 0.137. The van der Waals surface area contributed by atoms with E-state index in [2.05, 4.69) is 36.9 Å². The van der Waals surface area contributed by atoms with E-state index in [0.29, 0.717) is 0 Å². The Kier molecular flexibility index (Phi) is 3.49. The topological polar surface area (TPSA) is 23.5 Å². The first kappa shape index (κ1) is 11.5. The first-order chi connectivity index (χ1) is 7.74. The number of rotatable bonds is 5. The van der Waals surface area contributed by atoms with E-state index in [4.69, 9.17) is 0 Å². The lowest BCUT2D eigenvalue weighted by Gasteiger charge is -2.25. The number of aliphatic hydroxyl groups is 1. The zero-order valence-electron chi connectivity index (χ0n) is 10.2. The molecule has 0 amide bonds. The van der Waals surface area contributed by atoms with E-state index in [1.54, 1.807) is 0 Å². The summed E-state index contributed by atoms with van der Waals surface area (Å²) in [5.74, 6) is 0.882. The average molecular weight is 219 g/mol. The number of aryl methyl sites for hydroxylation is 1. The molecule has 88 valence electrons. The highest BCUT2D eigenvalue weighted by Crippen LogP contribution is 2.32. The van der Waals surface area contributed by atoms with Crippen LogP contribution < -0.4 is 4.90 Å². The molecule has 16 heavy (non-hydrogen) atoms. The van der Waals surface area contributed by atoms with Gasteiger partial charge in [-0.25, -0.2) is 0 Å². The number of hydrogen-bond donors (Lipinski definition) is 1. The summed E-state index contributed by atoms with van der Waals surface area (Å²) in [5, 5.41) is 9.41. The first-order valence-corrected chi connectivity index (χ1v) is 6.20. The second-order valence-electron chi connectivity index (χ2n) is 4.77. The number of anilines is 1. The van der Waals surface area contributed by atoms with Gasteiger partial charge in [-0.3, -0.25) is 0 Å². The SMILES string of the molecule is CCN(CC1CC1)c1ccc(C)cc1CO. The number of nitrogens with zero attached hydrogens (tertiary/aromatic N) is 1. The normalized spacial score (nSPS) is 15.2. The van der Waals surface area contributed by atoms with Gasteiger partial charge in [0.15, 0.2) is 0 Å². The highest BCUT2D eigenvalue weighted by molar-refractivity contribution is 5.54. The molecular weight excluding hydrogens is 198 g/mol. The molecular formula is C14H21NO. The second-order valence-corrected chi connectivity index (χ2v) is 4.77. The van der Waals surface area contributed by atoms with E-state index in [-0.39, 0.29) is 6.61 Å². The van der Waals surface area contributed by atoms with Crippen molar-refractivity contribution < 1.29 is 5.11 Å². The van der Waals surface area contributed by atoms with Crippen molar-refractivity contribution in [3.05, 3.63) is 29.3 Å². The van der Waals surface area contributed by atoms with Crippen molar-refractivity contribution in [2.24, 2.45) is 5.92 Å². The van der Waals surface area contributed by atoms with Crippen LogP contribution in [-0.2, 0) is 6.61 Å². The van der Waals surface area contributed by atoms with Crippen LogP contribution in [0.5, 0.6) is 0 Å². The minimum Gasteiger partial charge on any atom is -0.392 e. The molecule has 0 atom stereocenters. The average Bonchev–Trinajstić information content (AvgIpc) is 3.10. The Morgan fingerprint density at radius 3 is 2.69 bits per heavy atom. The van der Waals surface area contributed by atoms with Gasteiger partial charge in [0.25, 0.3) is 0 Å². The van der Waals surface area contributed by atoms with Crippen molar-refractivity contribution in [2.45, 2.75) is 33.3 Å². The number of hydrogen-bond acceptors (Lipinski definition) is 2. The summed E-state index contributed by atoms with van der Waals surface area (Å²) in [6.07, 6.45) is 2.74. The smallest absolute Gasteiger partial charge is 0.0702 e. The molecule has 2 heteroatoms. The summed E-state index contributed by atoms with van der Waals surface area (Å²) >= 11 is 0. The van der Waals surface area contributed by atoms with Gasteiger partial charge in [0.1, 0.15) is 0 Å². The van der Waals surface area contributed by atoms with Crippen molar-refractivity contribution in [1.82, 2.24) is 0 Å². The minimum absolute atomic E-state index is 0.137. The molecule has 0 unspecified atom stereocenters. The second kappa shape index (κ2) is 4.88. The van der Waals surface area contributed by atoms with E-state index in [1.165, 1.54) is 24.1 Å². The van der Waals surface area contributed by atoms with Gasteiger partial charge in [0, 0.05) is 24.3 Å². The van der Waals surface area contributed by atoms with Crippen LogP contribution in [0.3, 0.4) is 0 Å². The molecule has 0 heterocycles. The lowest BCUT2D eigenvalue weighted by atomic mass is 10.1. The van der Waals surface area contributed by atoms with Crippen molar-refractivity contribution in [3.8, 4) is 0 Å². The molecule has 0 radical (unpaired) electrons. The lowest BCUT2D eigenvalue weighted by molar-refractivity contribution is 0.282. The van der Waals surface area contributed by atoms with Gasteiger partial charge >= 0.3 is 0 Å². The fraction of sp³-hybridized carbons (Fsp3) is 0.571. The predicted octanol–water partition coefficient (Wildman–Crippen LogP) is 2.72. The van der Waals surface area contributed by atoms with Crippen molar-refractivity contribution in [2.75, 3.05) is 18.0 Å². The Bertz CT molecular complexity index is 358. The highest BCUT2D eigenvalue weighted by atomic mass is 16.3. The molecule has 1 aromatic carbocycles. The largest absolute Gasteiger partial charge is 0.392 e. The van der Waals surface area contributed by atoms with Crippen LogP contribution in [0.1, 0.15) is 30.9 Å². The van der Waals surface area contributed by atoms with Gasteiger partial charge in [-0.15, -0.1) is 0 Å². The molecule has 1 aliphatic rings. The molecule has 1 aliphatic carbocycles. The summed E-state index contributed by atoms with van der Waals surface area (Å²) < 4.78 is 0. The summed E-state index contributed by atoms with van der Waals surface area (Å²) in [4.78, 5) is 2.39. The van der Waals surface area contributed by atoms with Crippen molar-refractivity contribution in [1.29, 1.82) is 0 Å². The fourth-order valence-corrected chi connectivity index (χ4v) is 2.16. The maximum atomic E-state index is 9.41. The van der Waals surface area contributed by atoms with E-state index in [1.807, 2.05) is 0 Å². The first-order valence-electron chi connectivity index (χ1n) is 6.20. The van der Waals surface area contributed by atoms with Gasteiger partial charge < -0.3 is 10.0 Å². The van der Waals surface area contributed by atoms with Crippen LogP contribution in [-0.4, -0.2) is 18.2 Å². The van der Waals surface area contributed by atoms with Crippen LogP contribution in [0.15, 0.2) is 18.2 Å². The molecule has 0 aromatic heterocycles. The summed E-state index contributed by atoms with van der Waals surface area (Å²) in [6, 6.07) is 6.36. The zero-order chi connectivity index (χ0) is 11.5. The zero-order valence-corrected chi connectivity index (χ0v) is 10.2. The number of benzene rings is 1. The van der Waals surface area contributed by atoms with Gasteiger partial charge in [-0.05, 0) is 38.7 Å². The van der Waals surface area contributed by atoms with Gasteiger partial charge in [-0.1, -0.05) is 17.7 Å². The quantitative estimate of drug-likeness (QED) is 0.823. The van der Waals surface area contributed by atoms with Crippen LogP contribution >= 0.6 is 0 Å². The van der Waals surface area contributed by atoms with Crippen LogP contribution in [0.25, 0.3) is 0 Å². The molecule has 1 N–H and O–H groups in total. The predicted molar refractivity (Wildman–Crippen MR) is 67.7 cm³/mol. The Morgan fingerprint density at radius 1 is 1.38 bits per heavy atom. The molecule has 0 spiro atoms. The highest BCUT2D eigenvalue weighted by Gasteiger charge is 2.24. The molecule has 1 saturated carbocycles. The van der Waals surface area contributed by atoms with Gasteiger partial charge in [0.05, 0.1) is 6.61 Å². The van der Waals surface area contributed by atoms with Gasteiger partial charge in [0.2, 0.25) is 0 Å². The molecule has 0 bridgehead atoms. The summed E-state index contributed by atoms with van der Waals surface area (Å²) in [5.41, 5.74) is 3.49. The molecule has 1 fully saturated rings. The Hall–Kier alpha value is -1.02. The van der Waals surface area contributed by atoms with Crippen molar-refractivity contribution >= 4 is 5.69 Å². The Labute approximate surface area is 97.9 Å². The summed E-state index contributed by atoms with van der Waals surface area (Å²) in [7, 11) is 0. The van der Waals surface area contributed by atoms with E-state index in [0.717, 1.165) is 24.6 Å². The van der Waals surface area contributed by atoms with E-state index < -0.39 is 0 Å². The number of aliphatic hydroxyl groups excluding tert-OH is 1. The van der Waals surface area contributed by atoms with Crippen LogP contribution in [0.2, 0.25) is 0 Å². The van der Waals surface area contributed by atoms with Gasteiger partial charge in [-0.2, -0.15) is 0 Å². The third-order valence-electron chi connectivity index (χ3n) is 3.30. The lowest BCUT2D eigenvalue weighted by Crippen LogP contribution is -2.26. The van der Waals surface area contributed by atoms with Crippen LogP contribution in [0, 0.1) is 12.8 Å². The Morgan fingerprint density at radius 2 is 2.12 bits per heavy atom. The third-order valence-corrected chi connectivity index (χ3v) is 3.30. The monoisotopic (exact) mass is 219 g/mol. The third kappa shape index (κ3) is 2.56. The Balaban J connectivity index is 2.21. The van der Waals surface area contributed by atoms with Crippen molar-refractivity contribution in [3.63, 3.8) is 0 Å².